The number of nitrogens with two attached hydrogens (primary N) is 1. The number of halogens is 1. The van der Waals surface area contributed by atoms with Crippen LogP contribution in [0.25, 0.3) is 11.1 Å². The zero-order valence-corrected chi connectivity index (χ0v) is 11.6. The largest absolute Gasteiger partial charge is 0.496 e. The van der Waals surface area contributed by atoms with Crippen molar-refractivity contribution in [3.63, 3.8) is 0 Å². The summed E-state index contributed by atoms with van der Waals surface area (Å²) in [4.78, 5) is 0. The van der Waals surface area contributed by atoms with Crippen LogP contribution in [0.5, 0.6) is 5.75 Å². The second kappa shape index (κ2) is 4.91. The standard InChI is InChI=1S/C14H18FN3O/c1-8(2)9-5-10(13(19-4)6-12(9)15)11-7-17-18(3)14(11)16/h5-8H,16H2,1-4H3. The molecule has 19 heavy (non-hydrogen) atoms. The smallest absolute Gasteiger partial charge is 0.130 e. The molecule has 5 heteroatoms. The van der Waals surface area contributed by atoms with Gasteiger partial charge in [0.05, 0.1) is 13.3 Å². The maximum atomic E-state index is 14.0. The molecule has 102 valence electrons. The molecule has 0 saturated heterocycles. The molecule has 0 aliphatic rings. The van der Waals surface area contributed by atoms with E-state index in [0.717, 1.165) is 11.1 Å². The van der Waals surface area contributed by atoms with E-state index in [4.69, 9.17) is 10.5 Å². The monoisotopic (exact) mass is 263 g/mol. The second-order valence-electron chi connectivity index (χ2n) is 4.80. The van der Waals surface area contributed by atoms with Gasteiger partial charge in [-0.25, -0.2) is 4.39 Å². The summed E-state index contributed by atoms with van der Waals surface area (Å²) in [5.74, 6) is 0.807. The van der Waals surface area contributed by atoms with Gasteiger partial charge in [0, 0.05) is 24.2 Å². The van der Waals surface area contributed by atoms with E-state index in [1.807, 2.05) is 13.8 Å². The number of aryl methyl sites for hydroxylation is 1. The number of benzene rings is 1. The van der Waals surface area contributed by atoms with Gasteiger partial charge in [-0.1, -0.05) is 13.8 Å². The van der Waals surface area contributed by atoms with Crippen molar-refractivity contribution < 1.29 is 9.13 Å². The Morgan fingerprint density at radius 3 is 2.47 bits per heavy atom. The molecule has 0 aliphatic carbocycles. The van der Waals surface area contributed by atoms with Crippen molar-refractivity contribution in [3.8, 4) is 16.9 Å². The van der Waals surface area contributed by atoms with Gasteiger partial charge in [0.1, 0.15) is 17.4 Å². The average Bonchev–Trinajstić information content (AvgIpc) is 2.69. The molecule has 1 aromatic heterocycles. The van der Waals surface area contributed by atoms with Crippen molar-refractivity contribution in [2.75, 3.05) is 12.8 Å². The number of aromatic nitrogens is 2. The Kier molecular flexibility index (Phi) is 3.46. The molecule has 2 aromatic rings. The van der Waals surface area contributed by atoms with E-state index >= 15 is 0 Å². The molecular formula is C14H18FN3O. The molecule has 4 nitrogen and oxygen atoms in total. The van der Waals surface area contributed by atoms with Gasteiger partial charge in [-0.2, -0.15) is 5.10 Å². The number of anilines is 1. The molecule has 0 saturated carbocycles. The molecular weight excluding hydrogens is 245 g/mol. The van der Waals surface area contributed by atoms with E-state index in [2.05, 4.69) is 5.10 Å². The van der Waals surface area contributed by atoms with Crippen LogP contribution in [0, 0.1) is 5.82 Å². The Morgan fingerprint density at radius 2 is 2.00 bits per heavy atom. The van der Waals surface area contributed by atoms with Crippen LogP contribution in [0.4, 0.5) is 10.2 Å². The minimum absolute atomic E-state index is 0.0857. The molecule has 0 radical (unpaired) electrons. The predicted molar refractivity (Wildman–Crippen MR) is 73.7 cm³/mol. The third kappa shape index (κ3) is 2.28. The number of nitrogen functional groups attached to an aromatic ring is 1. The van der Waals surface area contributed by atoms with Crippen molar-refractivity contribution in [3.05, 3.63) is 29.7 Å². The van der Waals surface area contributed by atoms with E-state index in [0.29, 0.717) is 17.1 Å². The van der Waals surface area contributed by atoms with Crippen molar-refractivity contribution in [1.82, 2.24) is 9.78 Å². The van der Waals surface area contributed by atoms with Crippen LogP contribution >= 0.6 is 0 Å². The van der Waals surface area contributed by atoms with Crippen LogP contribution in [0.2, 0.25) is 0 Å². The highest BCUT2D eigenvalue weighted by atomic mass is 19.1. The van der Waals surface area contributed by atoms with Crippen LogP contribution in [-0.4, -0.2) is 16.9 Å². The van der Waals surface area contributed by atoms with Crippen molar-refractivity contribution in [2.24, 2.45) is 7.05 Å². The first-order valence-corrected chi connectivity index (χ1v) is 6.11. The zero-order valence-electron chi connectivity index (χ0n) is 11.6. The number of methoxy groups -OCH3 is 1. The fraction of sp³-hybridized carbons (Fsp3) is 0.357. The van der Waals surface area contributed by atoms with Gasteiger partial charge in [-0.3, -0.25) is 4.68 Å². The van der Waals surface area contributed by atoms with Crippen molar-refractivity contribution >= 4 is 5.82 Å². The Labute approximate surface area is 112 Å². The number of ether oxygens (including phenoxy) is 1. The van der Waals surface area contributed by atoms with Gasteiger partial charge in [0.25, 0.3) is 0 Å². The fourth-order valence-corrected chi connectivity index (χ4v) is 2.05. The summed E-state index contributed by atoms with van der Waals surface area (Å²) in [6, 6.07) is 3.18. The van der Waals surface area contributed by atoms with Gasteiger partial charge >= 0.3 is 0 Å². The Morgan fingerprint density at radius 1 is 1.32 bits per heavy atom. The first kappa shape index (κ1) is 13.4. The number of hydrogen-bond donors (Lipinski definition) is 1. The van der Waals surface area contributed by atoms with Gasteiger partial charge < -0.3 is 10.5 Å². The van der Waals surface area contributed by atoms with Gasteiger partial charge in [0.2, 0.25) is 0 Å². The summed E-state index contributed by atoms with van der Waals surface area (Å²) in [5, 5.41) is 4.11. The van der Waals surface area contributed by atoms with Gasteiger partial charge in [-0.05, 0) is 17.5 Å². The first-order valence-electron chi connectivity index (χ1n) is 6.11. The molecule has 1 heterocycles. The quantitative estimate of drug-likeness (QED) is 0.926. The van der Waals surface area contributed by atoms with E-state index in [9.17, 15) is 4.39 Å². The van der Waals surface area contributed by atoms with Crippen LogP contribution in [0.1, 0.15) is 25.3 Å². The highest BCUT2D eigenvalue weighted by Gasteiger charge is 2.17. The van der Waals surface area contributed by atoms with E-state index < -0.39 is 0 Å². The summed E-state index contributed by atoms with van der Waals surface area (Å²) in [6.45, 7) is 3.89. The minimum Gasteiger partial charge on any atom is -0.496 e. The summed E-state index contributed by atoms with van der Waals surface area (Å²) >= 11 is 0. The molecule has 0 atom stereocenters. The lowest BCUT2D eigenvalue weighted by Crippen LogP contribution is -2.00. The summed E-state index contributed by atoms with van der Waals surface area (Å²) < 4.78 is 20.8. The van der Waals surface area contributed by atoms with Gasteiger partial charge in [-0.15, -0.1) is 0 Å². The average molecular weight is 263 g/mol. The Balaban J connectivity index is 2.67. The van der Waals surface area contributed by atoms with Crippen LogP contribution in [-0.2, 0) is 7.05 Å². The highest BCUT2D eigenvalue weighted by molar-refractivity contribution is 5.79. The second-order valence-corrected chi connectivity index (χ2v) is 4.80. The van der Waals surface area contributed by atoms with Crippen LogP contribution in [0.15, 0.2) is 18.3 Å². The number of nitrogens with zero attached hydrogens (tertiary/aromatic N) is 2. The molecule has 2 N–H and O–H groups in total. The van der Waals surface area contributed by atoms with Crippen LogP contribution in [0.3, 0.4) is 0 Å². The molecule has 0 spiro atoms. The molecule has 0 unspecified atom stereocenters. The zero-order chi connectivity index (χ0) is 14.2. The van der Waals surface area contributed by atoms with Gasteiger partial charge in [0.15, 0.2) is 0 Å². The summed E-state index contributed by atoms with van der Waals surface area (Å²) in [7, 11) is 3.28. The summed E-state index contributed by atoms with van der Waals surface area (Å²) in [6.07, 6.45) is 1.66. The first-order chi connectivity index (χ1) is 8.95. The van der Waals surface area contributed by atoms with Crippen molar-refractivity contribution in [2.45, 2.75) is 19.8 Å². The van der Waals surface area contributed by atoms with Crippen LogP contribution < -0.4 is 10.5 Å². The number of hydrogen-bond acceptors (Lipinski definition) is 3. The topological polar surface area (TPSA) is 53.1 Å². The normalized spacial score (nSPS) is 11.1. The molecule has 0 aliphatic heterocycles. The molecule has 1 aromatic carbocycles. The van der Waals surface area contributed by atoms with E-state index in [1.165, 1.54) is 13.2 Å². The summed E-state index contributed by atoms with van der Waals surface area (Å²) in [5.41, 5.74) is 8.12. The van der Waals surface area contributed by atoms with E-state index in [-0.39, 0.29) is 11.7 Å². The van der Waals surface area contributed by atoms with Crippen molar-refractivity contribution in [1.29, 1.82) is 0 Å². The third-order valence-electron chi connectivity index (χ3n) is 3.22. The number of rotatable bonds is 3. The Hall–Kier alpha value is -2.04. The molecule has 0 amide bonds. The molecule has 0 bridgehead atoms. The molecule has 2 rings (SSSR count). The Bertz CT molecular complexity index is 605. The highest BCUT2D eigenvalue weighted by Crippen LogP contribution is 2.37. The lowest BCUT2D eigenvalue weighted by Gasteiger charge is -2.13. The maximum absolute atomic E-state index is 14.0. The SMILES string of the molecule is COc1cc(F)c(C(C)C)cc1-c1cnn(C)c1N. The third-order valence-corrected chi connectivity index (χ3v) is 3.22. The fourth-order valence-electron chi connectivity index (χ4n) is 2.05. The molecule has 0 fully saturated rings. The predicted octanol–water partition coefficient (Wildman–Crippen LogP) is 2.94. The minimum atomic E-state index is -0.266. The van der Waals surface area contributed by atoms with E-state index in [1.54, 1.807) is 24.0 Å². The maximum Gasteiger partial charge on any atom is 0.130 e. The lowest BCUT2D eigenvalue weighted by atomic mass is 9.97. The lowest BCUT2D eigenvalue weighted by molar-refractivity contribution is 0.412.